The summed E-state index contributed by atoms with van der Waals surface area (Å²) in [5.41, 5.74) is 0.751. The second kappa shape index (κ2) is 5.27. The van der Waals surface area contributed by atoms with Gasteiger partial charge in [-0.15, -0.1) is 11.3 Å². The van der Waals surface area contributed by atoms with Gasteiger partial charge in [0.25, 0.3) is 5.56 Å². The van der Waals surface area contributed by atoms with Crippen LogP contribution in [0.2, 0.25) is 0 Å². The zero-order valence-electron chi connectivity index (χ0n) is 11.5. The second-order valence-electron chi connectivity index (χ2n) is 4.82. The molecule has 6 nitrogen and oxygen atoms in total. The summed E-state index contributed by atoms with van der Waals surface area (Å²) in [6.07, 6.45) is 6.79. The van der Waals surface area contributed by atoms with Crippen molar-refractivity contribution >= 4 is 21.6 Å². The van der Waals surface area contributed by atoms with Crippen molar-refractivity contribution in [2.75, 3.05) is 0 Å². The van der Waals surface area contributed by atoms with Gasteiger partial charge in [-0.3, -0.25) is 14.0 Å². The van der Waals surface area contributed by atoms with Gasteiger partial charge in [0, 0.05) is 29.9 Å². The Hall–Kier alpha value is -2.67. The topological polar surface area (TPSA) is 65.8 Å². The van der Waals surface area contributed by atoms with Crippen LogP contribution in [0.3, 0.4) is 0 Å². The molecule has 0 amide bonds. The predicted octanol–water partition coefficient (Wildman–Crippen LogP) is 2.61. The molecule has 4 rings (SSSR count). The van der Waals surface area contributed by atoms with Crippen LogP contribution in [0.5, 0.6) is 0 Å². The zero-order chi connectivity index (χ0) is 14.9. The average molecular weight is 312 g/mol. The predicted molar refractivity (Wildman–Crippen MR) is 83.8 cm³/mol. The molecule has 4 aromatic rings. The first-order chi connectivity index (χ1) is 10.8. The molecular weight excluding hydrogens is 300 g/mol. The van der Waals surface area contributed by atoms with Crippen LogP contribution in [0.1, 0.15) is 0 Å². The second-order valence-corrected chi connectivity index (χ2v) is 5.68. The highest BCUT2D eigenvalue weighted by Gasteiger charge is 2.14. The summed E-state index contributed by atoms with van der Waals surface area (Å²) < 4.78 is 8.82. The fraction of sp³-hybridized carbons (Fsp3) is 0.133. The van der Waals surface area contributed by atoms with Crippen molar-refractivity contribution in [3.63, 3.8) is 0 Å². The molecule has 4 aromatic heterocycles. The minimum Gasteiger partial charge on any atom is -0.464 e. The van der Waals surface area contributed by atoms with Gasteiger partial charge in [0.15, 0.2) is 0 Å². The lowest BCUT2D eigenvalue weighted by Crippen LogP contribution is -2.22. The summed E-state index contributed by atoms with van der Waals surface area (Å²) in [4.78, 5) is 17.8. The van der Waals surface area contributed by atoms with E-state index in [2.05, 4.69) is 10.1 Å². The Morgan fingerprint density at radius 3 is 3.00 bits per heavy atom. The summed E-state index contributed by atoms with van der Waals surface area (Å²) in [5, 5.41) is 6.67. The maximum Gasteiger partial charge on any atom is 0.262 e. The van der Waals surface area contributed by atoms with Crippen molar-refractivity contribution < 1.29 is 4.42 Å². The highest BCUT2D eigenvalue weighted by Crippen LogP contribution is 2.30. The van der Waals surface area contributed by atoms with Crippen molar-refractivity contribution in [3.8, 4) is 11.3 Å². The largest absolute Gasteiger partial charge is 0.464 e. The molecule has 0 spiro atoms. The van der Waals surface area contributed by atoms with Crippen LogP contribution in [0.25, 0.3) is 21.5 Å². The van der Waals surface area contributed by atoms with Gasteiger partial charge in [0.2, 0.25) is 0 Å². The molecular formula is C15H12N4O2S. The Bertz CT molecular complexity index is 951. The lowest BCUT2D eigenvalue weighted by Gasteiger charge is -2.06. The molecule has 0 saturated heterocycles. The van der Waals surface area contributed by atoms with Crippen molar-refractivity contribution in [3.05, 3.63) is 58.9 Å². The van der Waals surface area contributed by atoms with E-state index in [1.54, 1.807) is 28.0 Å². The number of rotatable bonds is 4. The maximum atomic E-state index is 12.7. The molecule has 110 valence electrons. The third-order valence-electron chi connectivity index (χ3n) is 3.48. The lowest BCUT2D eigenvalue weighted by molar-refractivity contribution is 0.521. The number of fused-ring (bicyclic) bond motifs is 1. The number of hydrogen-bond donors (Lipinski definition) is 0. The molecule has 0 aliphatic carbocycles. The maximum absolute atomic E-state index is 12.7. The van der Waals surface area contributed by atoms with E-state index in [1.165, 1.54) is 11.3 Å². The first-order valence-electron chi connectivity index (χ1n) is 6.81. The van der Waals surface area contributed by atoms with Crippen LogP contribution in [0.15, 0.2) is 57.8 Å². The van der Waals surface area contributed by atoms with Gasteiger partial charge in [-0.2, -0.15) is 5.10 Å². The van der Waals surface area contributed by atoms with E-state index in [4.69, 9.17) is 4.42 Å². The summed E-state index contributed by atoms with van der Waals surface area (Å²) >= 11 is 1.45. The molecule has 0 bridgehead atoms. The Labute approximate surface area is 129 Å². The van der Waals surface area contributed by atoms with E-state index in [-0.39, 0.29) is 5.56 Å². The minimum absolute atomic E-state index is 0.0511. The van der Waals surface area contributed by atoms with Crippen LogP contribution in [0, 0.1) is 0 Å². The number of furan rings is 1. The molecule has 22 heavy (non-hydrogen) atoms. The summed E-state index contributed by atoms with van der Waals surface area (Å²) in [6, 6.07) is 5.52. The minimum atomic E-state index is -0.0511. The van der Waals surface area contributed by atoms with Crippen molar-refractivity contribution in [2.45, 2.75) is 13.1 Å². The van der Waals surface area contributed by atoms with Crippen molar-refractivity contribution in [1.82, 2.24) is 19.3 Å². The first-order valence-corrected chi connectivity index (χ1v) is 7.69. The number of aryl methyl sites for hydroxylation is 2. The highest BCUT2D eigenvalue weighted by molar-refractivity contribution is 7.17. The number of hydrogen-bond acceptors (Lipinski definition) is 5. The number of thiophene rings is 1. The molecule has 0 aliphatic heterocycles. The summed E-state index contributed by atoms with van der Waals surface area (Å²) in [6.45, 7) is 1.15. The third-order valence-corrected chi connectivity index (χ3v) is 4.36. The first kappa shape index (κ1) is 13.0. The van der Waals surface area contributed by atoms with Gasteiger partial charge >= 0.3 is 0 Å². The molecule has 7 heteroatoms. The quantitative estimate of drug-likeness (QED) is 0.581. The van der Waals surface area contributed by atoms with Gasteiger partial charge in [0.05, 0.1) is 24.5 Å². The monoisotopic (exact) mass is 312 g/mol. The van der Waals surface area contributed by atoms with Crippen LogP contribution < -0.4 is 5.56 Å². The Morgan fingerprint density at radius 1 is 1.27 bits per heavy atom. The third kappa shape index (κ3) is 2.15. The molecule has 0 fully saturated rings. The van der Waals surface area contributed by atoms with E-state index in [0.717, 1.165) is 10.4 Å². The summed E-state index contributed by atoms with van der Waals surface area (Å²) in [5.74, 6) is 0.690. The molecule has 0 aromatic carbocycles. The Morgan fingerprint density at radius 2 is 2.23 bits per heavy atom. The van der Waals surface area contributed by atoms with Crippen LogP contribution >= 0.6 is 11.3 Å². The SMILES string of the molecule is O=c1c2c(-c3ccco3)csc2ncn1CCn1cccn1. The van der Waals surface area contributed by atoms with E-state index < -0.39 is 0 Å². The van der Waals surface area contributed by atoms with Crippen molar-refractivity contribution in [2.24, 2.45) is 0 Å². The molecule has 0 atom stereocenters. The van der Waals surface area contributed by atoms with Gasteiger partial charge in [-0.1, -0.05) is 0 Å². The van der Waals surface area contributed by atoms with Crippen LogP contribution in [-0.2, 0) is 13.1 Å². The van der Waals surface area contributed by atoms with Gasteiger partial charge < -0.3 is 4.42 Å². The molecule has 0 radical (unpaired) electrons. The van der Waals surface area contributed by atoms with E-state index in [9.17, 15) is 4.79 Å². The fourth-order valence-corrected chi connectivity index (χ4v) is 3.27. The lowest BCUT2D eigenvalue weighted by atomic mass is 10.2. The van der Waals surface area contributed by atoms with Gasteiger partial charge in [0.1, 0.15) is 10.6 Å². The van der Waals surface area contributed by atoms with Gasteiger partial charge in [-0.05, 0) is 18.2 Å². The average Bonchev–Trinajstić information content (AvgIpc) is 3.27. The smallest absolute Gasteiger partial charge is 0.262 e. The van der Waals surface area contributed by atoms with Gasteiger partial charge in [-0.25, -0.2) is 4.98 Å². The van der Waals surface area contributed by atoms with Crippen LogP contribution in [-0.4, -0.2) is 19.3 Å². The zero-order valence-corrected chi connectivity index (χ0v) is 12.4. The molecule has 4 heterocycles. The highest BCUT2D eigenvalue weighted by atomic mass is 32.1. The normalized spacial score (nSPS) is 11.3. The van der Waals surface area contributed by atoms with E-state index in [0.29, 0.717) is 24.2 Å². The molecule has 0 aliphatic rings. The standard InChI is InChI=1S/C15H12N4O2S/c20-15-13-11(12-3-1-8-21-12)9-22-14(13)16-10-18(15)6-7-19-5-2-4-17-19/h1-5,8-10H,6-7H2. The summed E-state index contributed by atoms with van der Waals surface area (Å²) in [7, 11) is 0. The number of nitrogens with zero attached hydrogens (tertiary/aromatic N) is 4. The fourth-order valence-electron chi connectivity index (χ4n) is 2.38. The molecule has 0 saturated carbocycles. The van der Waals surface area contributed by atoms with E-state index >= 15 is 0 Å². The van der Waals surface area contributed by atoms with Crippen LogP contribution in [0.4, 0.5) is 0 Å². The molecule has 0 N–H and O–H groups in total. The van der Waals surface area contributed by atoms with E-state index in [1.807, 2.05) is 29.8 Å². The van der Waals surface area contributed by atoms with Crippen molar-refractivity contribution in [1.29, 1.82) is 0 Å². The number of aromatic nitrogens is 4. The molecule has 0 unspecified atom stereocenters. The Balaban J connectivity index is 1.76. The Kier molecular flexibility index (Phi) is 3.12.